The van der Waals surface area contributed by atoms with Crippen LogP contribution in [0.15, 0.2) is 29.3 Å². The number of halogens is 3. The Morgan fingerprint density at radius 3 is 2.41 bits per heavy atom. The van der Waals surface area contributed by atoms with Crippen LogP contribution in [0.1, 0.15) is 32.6 Å². The minimum atomic E-state index is -4.69. The molecule has 122 valence electrons. The van der Waals surface area contributed by atoms with E-state index in [9.17, 15) is 13.2 Å². The van der Waals surface area contributed by atoms with Crippen LogP contribution >= 0.6 is 0 Å². The van der Waals surface area contributed by atoms with Crippen molar-refractivity contribution in [2.24, 2.45) is 16.1 Å². The Labute approximate surface area is 127 Å². The smallest absolute Gasteiger partial charge is 0.406 e. The molecule has 1 fully saturated rings. The van der Waals surface area contributed by atoms with Crippen molar-refractivity contribution in [3.8, 4) is 5.75 Å². The maximum Gasteiger partial charge on any atom is 0.573 e. The van der Waals surface area contributed by atoms with Gasteiger partial charge in [-0.3, -0.25) is 4.99 Å². The summed E-state index contributed by atoms with van der Waals surface area (Å²) in [6, 6.07) is 5.37. The Bertz CT molecular complexity index is 520. The number of ether oxygens (including phenoxy) is 1. The maximum absolute atomic E-state index is 12.1. The van der Waals surface area contributed by atoms with Gasteiger partial charge in [0.05, 0.1) is 0 Å². The summed E-state index contributed by atoms with van der Waals surface area (Å²) >= 11 is 0. The molecule has 0 saturated heterocycles. The molecule has 0 aromatic heterocycles. The number of nitrogens with zero attached hydrogens (tertiary/aromatic N) is 1. The fourth-order valence-corrected chi connectivity index (χ4v) is 2.59. The number of hydrogen-bond donors (Lipinski definition) is 2. The second-order valence-electron chi connectivity index (χ2n) is 5.92. The Morgan fingerprint density at radius 2 is 1.86 bits per heavy atom. The summed E-state index contributed by atoms with van der Waals surface area (Å²) in [5, 5.41) is 2.86. The van der Waals surface area contributed by atoms with Crippen molar-refractivity contribution >= 4 is 11.6 Å². The van der Waals surface area contributed by atoms with E-state index in [1.807, 2.05) is 0 Å². The first kappa shape index (κ1) is 16.5. The molecule has 1 aromatic carbocycles. The Morgan fingerprint density at radius 1 is 1.27 bits per heavy atom. The molecule has 2 rings (SSSR count). The lowest BCUT2D eigenvalue weighted by Crippen LogP contribution is -2.25. The third kappa shape index (κ3) is 5.13. The van der Waals surface area contributed by atoms with Crippen molar-refractivity contribution in [2.45, 2.75) is 39.0 Å². The van der Waals surface area contributed by atoms with E-state index in [0.29, 0.717) is 12.2 Å². The molecule has 22 heavy (non-hydrogen) atoms. The van der Waals surface area contributed by atoms with Crippen molar-refractivity contribution in [1.29, 1.82) is 0 Å². The highest BCUT2D eigenvalue weighted by molar-refractivity contribution is 5.92. The predicted octanol–water partition coefficient (Wildman–Crippen LogP) is 3.89. The van der Waals surface area contributed by atoms with Crippen LogP contribution in [0.25, 0.3) is 0 Å². The molecule has 4 nitrogen and oxygen atoms in total. The van der Waals surface area contributed by atoms with E-state index >= 15 is 0 Å². The SMILES string of the molecule is CC1(CN=C(N)Nc2ccc(OC(F)(F)F)cc2)CCCC1. The normalized spacial score (nSPS) is 18.3. The minimum absolute atomic E-state index is 0.205. The molecule has 0 bridgehead atoms. The van der Waals surface area contributed by atoms with Gasteiger partial charge in [0.25, 0.3) is 0 Å². The zero-order chi connectivity index (χ0) is 16.2. The van der Waals surface area contributed by atoms with Crippen LogP contribution in [-0.4, -0.2) is 18.9 Å². The molecule has 0 heterocycles. The van der Waals surface area contributed by atoms with Gasteiger partial charge >= 0.3 is 6.36 Å². The van der Waals surface area contributed by atoms with Gasteiger partial charge in [-0.15, -0.1) is 13.2 Å². The van der Waals surface area contributed by atoms with Gasteiger partial charge in [0, 0.05) is 12.2 Å². The third-order valence-electron chi connectivity index (χ3n) is 3.80. The van der Waals surface area contributed by atoms with E-state index in [4.69, 9.17) is 5.73 Å². The topological polar surface area (TPSA) is 59.6 Å². The highest BCUT2D eigenvalue weighted by Crippen LogP contribution is 2.37. The molecule has 1 aliphatic carbocycles. The van der Waals surface area contributed by atoms with Crippen LogP contribution in [0.3, 0.4) is 0 Å². The predicted molar refractivity (Wildman–Crippen MR) is 79.8 cm³/mol. The lowest BCUT2D eigenvalue weighted by atomic mass is 9.89. The first-order chi connectivity index (χ1) is 10.3. The third-order valence-corrected chi connectivity index (χ3v) is 3.80. The van der Waals surface area contributed by atoms with Gasteiger partial charge in [0.15, 0.2) is 5.96 Å². The van der Waals surface area contributed by atoms with E-state index in [0.717, 1.165) is 12.8 Å². The first-order valence-corrected chi connectivity index (χ1v) is 7.19. The average Bonchev–Trinajstić information content (AvgIpc) is 2.85. The average molecular weight is 315 g/mol. The van der Waals surface area contributed by atoms with Crippen LogP contribution in [0, 0.1) is 5.41 Å². The second-order valence-corrected chi connectivity index (χ2v) is 5.92. The molecule has 0 radical (unpaired) electrons. The van der Waals surface area contributed by atoms with Crippen molar-refractivity contribution in [1.82, 2.24) is 0 Å². The molecule has 0 amide bonds. The molecule has 1 saturated carbocycles. The molecule has 0 spiro atoms. The number of rotatable bonds is 4. The first-order valence-electron chi connectivity index (χ1n) is 7.19. The summed E-state index contributed by atoms with van der Waals surface area (Å²) in [7, 11) is 0. The molecule has 0 unspecified atom stereocenters. The number of guanidine groups is 1. The van der Waals surface area contributed by atoms with E-state index in [1.54, 1.807) is 0 Å². The van der Waals surface area contributed by atoms with E-state index in [-0.39, 0.29) is 17.1 Å². The van der Waals surface area contributed by atoms with E-state index in [2.05, 4.69) is 22.0 Å². The van der Waals surface area contributed by atoms with Crippen LogP contribution in [0.4, 0.5) is 18.9 Å². The lowest BCUT2D eigenvalue weighted by Gasteiger charge is -2.20. The van der Waals surface area contributed by atoms with Crippen LogP contribution in [0.5, 0.6) is 5.75 Å². The van der Waals surface area contributed by atoms with Crippen molar-refractivity contribution < 1.29 is 17.9 Å². The number of anilines is 1. The highest BCUT2D eigenvalue weighted by atomic mass is 19.4. The van der Waals surface area contributed by atoms with Gasteiger partial charge in [-0.05, 0) is 42.5 Å². The number of nitrogens with one attached hydrogen (secondary N) is 1. The fourth-order valence-electron chi connectivity index (χ4n) is 2.59. The number of aliphatic imine (C=N–C) groups is 1. The zero-order valence-electron chi connectivity index (χ0n) is 12.4. The quantitative estimate of drug-likeness (QED) is 0.654. The van der Waals surface area contributed by atoms with E-state index < -0.39 is 6.36 Å². The summed E-state index contributed by atoms with van der Waals surface area (Å²) in [6.45, 7) is 2.85. The molecule has 1 aromatic rings. The maximum atomic E-state index is 12.1. The molecule has 1 aliphatic rings. The number of benzene rings is 1. The summed E-state index contributed by atoms with van der Waals surface area (Å²) < 4.78 is 40.0. The van der Waals surface area contributed by atoms with Gasteiger partial charge in [0.2, 0.25) is 0 Å². The van der Waals surface area contributed by atoms with Crippen LogP contribution < -0.4 is 15.8 Å². The van der Waals surface area contributed by atoms with Crippen LogP contribution in [0.2, 0.25) is 0 Å². The summed E-state index contributed by atoms with van der Waals surface area (Å²) in [5.41, 5.74) is 6.58. The fraction of sp³-hybridized carbons (Fsp3) is 0.533. The van der Waals surface area contributed by atoms with Crippen molar-refractivity contribution in [3.63, 3.8) is 0 Å². The van der Waals surface area contributed by atoms with Gasteiger partial charge in [0.1, 0.15) is 5.75 Å². The number of nitrogens with two attached hydrogens (primary N) is 1. The monoisotopic (exact) mass is 315 g/mol. The molecule has 3 N–H and O–H groups in total. The summed E-state index contributed by atoms with van der Waals surface area (Å²) in [5.74, 6) is -0.00959. The van der Waals surface area contributed by atoms with Crippen molar-refractivity contribution in [3.05, 3.63) is 24.3 Å². The Kier molecular flexibility index (Phi) is 4.83. The summed E-state index contributed by atoms with van der Waals surface area (Å²) in [6.07, 6.45) is 0.0483. The Hall–Kier alpha value is -1.92. The van der Waals surface area contributed by atoms with Gasteiger partial charge in [-0.2, -0.15) is 0 Å². The standard InChI is InChI=1S/C15H20F3N3O/c1-14(8-2-3-9-14)10-20-13(19)21-11-4-6-12(7-5-11)22-15(16,17)18/h4-7H,2-3,8-10H2,1H3,(H3,19,20,21). The molecule has 7 heteroatoms. The number of hydrogen-bond acceptors (Lipinski definition) is 2. The largest absolute Gasteiger partial charge is 0.573 e. The highest BCUT2D eigenvalue weighted by Gasteiger charge is 2.31. The summed E-state index contributed by atoms with van der Waals surface area (Å²) in [4.78, 5) is 4.33. The number of alkyl halides is 3. The van der Waals surface area contributed by atoms with Gasteiger partial charge in [-0.1, -0.05) is 19.8 Å². The van der Waals surface area contributed by atoms with Crippen molar-refractivity contribution in [2.75, 3.05) is 11.9 Å². The van der Waals surface area contributed by atoms with Gasteiger partial charge < -0.3 is 15.8 Å². The lowest BCUT2D eigenvalue weighted by molar-refractivity contribution is -0.274. The van der Waals surface area contributed by atoms with Crippen LogP contribution in [-0.2, 0) is 0 Å². The molecular weight excluding hydrogens is 295 g/mol. The molecule has 0 atom stereocenters. The molecule has 0 aliphatic heterocycles. The second kappa shape index (κ2) is 6.46. The molecular formula is C15H20F3N3O. The van der Waals surface area contributed by atoms with E-state index in [1.165, 1.54) is 37.1 Å². The zero-order valence-corrected chi connectivity index (χ0v) is 12.4. The van der Waals surface area contributed by atoms with Gasteiger partial charge in [-0.25, -0.2) is 0 Å². The minimum Gasteiger partial charge on any atom is -0.406 e. The Balaban J connectivity index is 1.89.